The fourth-order valence-corrected chi connectivity index (χ4v) is 1.84. The molecule has 0 saturated heterocycles. The molecule has 0 aliphatic carbocycles. The lowest BCUT2D eigenvalue weighted by atomic mass is 10.0. The van der Waals surface area contributed by atoms with Crippen LogP contribution in [0.2, 0.25) is 0 Å². The first kappa shape index (κ1) is 12.8. The van der Waals surface area contributed by atoms with Crippen LogP contribution < -0.4 is 5.32 Å². The predicted molar refractivity (Wildman–Crippen MR) is 72.8 cm³/mol. The van der Waals surface area contributed by atoms with E-state index in [2.05, 4.69) is 17.5 Å². The van der Waals surface area contributed by atoms with E-state index in [4.69, 9.17) is 5.26 Å². The monoisotopic (exact) mass is 247 g/mol. The SMILES string of the molecule is N#Cc1cccc(C(C#N)NCc2ccccc2)c1. The molecule has 0 heterocycles. The van der Waals surface area contributed by atoms with Crippen LogP contribution in [-0.2, 0) is 6.54 Å². The molecule has 0 fully saturated rings. The van der Waals surface area contributed by atoms with Crippen molar-refractivity contribution >= 4 is 0 Å². The van der Waals surface area contributed by atoms with Gasteiger partial charge in [0.2, 0.25) is 0 Å². The summed E-state index contributed by atoms with van der Waals surface area (Å²) < 4.78 is 0. The number of nitrogens with one attached hydrogen (secondary N) is 1. The number of nitrogens with zero attached hydrogens (tertiary/aromatic N) is 2. The van der Waals surface area contributed by atoms with Crippen molar-refractivity contribution in [2.45, 2.75) is 12.6 Å². The first-order chi connectivity index (χ1) is 9.33. The second-order valence-electron chi connectivity index (χ2n) is 4.17. The lowest BCUT2D eigenvalue weighted by Crippen LogP contribution is -2.19. The highest BCUT2D eigenvalue weighted by atomic mass is 14.9. The maximum Gasteiger partial charge on any atom is 0.121 e. The van der Waals surface area contributed by atoms with Crippen molar-refractivity contribution in [3.05, 3.63) is 71.3 Å². The average molecular weight is 247 g/mol. The summed E-state index contributed by atoms with van der Waals surface area (Å²) in [6, 6.07) is 20.9. The van der Waals surface area contributed by atoms with Gasteiger partial charge in [0.1, 0.15) is 6.04 Å². The van der Waals surface area contributed by atoms with Crippen molar-refractivity contribution in [2.75, 3.05) is 0 Å². The van der Waals surface area contributed by atoms with Crippen molar-refractivity contribution in [3.8, 4) is 12.1 Å². The van der Waals surface area contributed by atoms with Gasteiger partial charge in [-0.1, -0.05) is 42.5 Å². The Kier molecular flexibility index (Phi) is 4.29. The molecule has 3 nitrogen and oxygen atoms in total. The fraction of sp³-hybridized carbons (Fsp3) is 0.125. The van der Waals surface area contributed by atoms with E-state index in [-0.39, 0.29) is 0 Å². The molecule has 1 atom stereocenters. The van der Waals surface area contributed by atoms with Crippen LogP contribution in [0.5, 0.6) is 0 Å². The summed E-state index contributed by atoms with van der Waals surface area (Å²) in [5.74, 6) is 0. The van der Waals surface area contributed by atoms with Gasteiger partial charge in [-0.3, -0.25) is 5.32 Å². The van der Waals surface area contributed by atoms with Crippen LogP contribution in [-0.4, -0.2) is 0 Å². The zero-order chi connectivity index (χ0) is 13.5. The van der Waals surface area contributed by atoms with E-state index in [0.717, 1.165) is 11.1 Å². The summed E-state index contributed by atoms with van der Waals surface area (Å²) in [4.78, 5) is 0. The van der Waals surface area contributed by atoms with Crippen LogP contribution in [0.4, 0.5) is 0 Å². The Morgan fingerprint density at radius 2 is 1.79 bits per heavy atom. The number of nitriles is 2. The Hall–Kier alpha value is -2.62. The first-order valence-corrected chi connectivity index (χ1v) is 6.00. The maximum atomic E-state index is 9.23. The van der Waals surface area contributed by atoms with Crippen molar-refractivity contribution < 1.29 is 0 Å². The van der Waals surface area contributed by atoms with Gasteiger partial charge in [-0.2, -0.15) is 10.5 Å². The quantitative estimate of drug-likeness (QED) is 0.903. The molecule has 2 aromatic rings. The molecule has 1 unspecified atom stereocenters. The van der Waals surface area contributed by atoms with Crippen molar-refractivity contribution in [3.63, 3.8) is 0 Å². The molecule has 0 aliphatic heterocycles. The van der Waals surface area contributed by atoms with Crippen molar-refractivity contribution in [2.24, 2.45) is 0 Å². The van der Waals surface area contributed by atoms with Gasteiger partial charge in [-0.05, 0) is 23.3 Å². The highest BCUT2D eigenvalue weighted by molar-refractivity contribution is 5.36. The Morgan fingerprint density at radius 3 is 2.47 bits per heavy atom. The molecule has 19 heavy (non-hydrogen) atoms. The third kappa shape index (κ3) is 3.42. The van der Waals surface area contributed by atoms with Crippen LogP contribution in [0, 0.1) is 22.7 Å². The molecule has 0 aromatic heterocycles. The predicted octanol–water partition coefficient (Wildman–Crippen LogP) is 2.91. The molecule has 1 N–H and O–H groups in total. The van der Waals surface area contributed by atoms with Crippen LogP contribution in [0.3, 0.4) is 0 Å². The van der Waals surface area contributed by atoms with Crippen LogP contribution in [0.25, 0.3) is 0 Å². The van der Waals surface area contributed by atoms with E-state index in [1.165, 1.54) is 0 Å². The van der Waals surface area contributed by atoms with Crippen LogP contribution >= 0.6 is 0 Å². The minimum Gasteiger partial charge on any atom is -0.294 e. The molecule has 0 saturated carbocycles. The average Bonchev–Trinajstić information content (AvgIpc) is 2.49. The Bertz CT molecular complexity index is 620. The minimum absolute atomic E-state index is 0.409. The lowest BCUT2D eigenvalue weighted by Gasteiger charge is -2.12. The molecule has 0 aliphatic rings. The largest absolute Gasteiger partial charge is 0.294 e. The van der Waals surface area contributed by atoms with Gasteiger partial charge >= 0.3 is 0 Å². The lowest BCUT2D eigenvalue weighted by molar-refractivity contribution is 0.630. The van der Waals surface area contributed by atoms with E-state index < -0.39 is 6.04 Å². The Labute approximate surface area is 112 Å². The van der Waals surface area contributed by atoms with E-state index in [0.29, 0.717) is 12.1 Å². The highest BCUT2D eigenvalue weighted by Crippen LogP contribution is 2.14. The van der Waals surface area contributed by atoms with Gasteiger partial charge in [0.25, 0.3) is 0 Å². The van der Waals surface area contributed by atoms with Gasteiger partial charge in [0, 0.05) is 6.54 Å². The summed E-state index contributed by atoms with van der Waals surface area (Å²) in [6.45, 7) is 0.621. The molecule has 0 spiro atoms. The molecular formula is C16H13N3. The third-order valence-corrected chi connectivity index (χ3v) is 2.83. The molecular weight excluding hydrogens is 234 g/mol. The highest BCUT2D eigenvalue weighted by Gasteiger charge is 2.10. The smallest absolute Gasteiger partial charge is 0.121 e. The van der Waals surface area contributed by atoms with E-state index in [1.807, 2.05) is 36.4 Å². The molecule has 2 rings (SSSR count). The van der Waals surface area contributed by atoms with Crippen LogP contribution in [0.1, 0.15) is 22.7 Å². The van der Waals surface area contributed by atoms with Gasteiger partial charge in [-0.25, -0.2) is 0 Å². The normalized spacial score (nSPS) is 11.3. The second kappa shape index (κ2) is 6.35. The standard InChI is InChI=1S/C16H13N3/c17-10-14-7-4-8-15(9-14)16(11-18)19-12-13-5-2-1-3-6-13/h1-9,16,19H,12H2. The second-order valence-corrected chi connectivity index (χ2v) is 4.17. The Balaban J connectivity index is 2.09. The first-order valence-electron chi connectivity index (χ1n) is 6.00. The van der Waals surface area contributed by atoms with Crippen molar-refractivity contribution in [1.29, 1.82) is 10.5 Å². The van der Waals surface area contributed by atoms with Crippen molar-refractivity contribution in [1.82, 2.24) is 5.32 Å². The molecule has 2 aromatic carbocycles. The fourth-order valence-electron chi connectivity index (χ4n) is 1.84. The van der Waals surface area contributed by atoms with E-state index in [1.54, 1.807) is 18.2 Å². The molecule has 0 bridgehead atoms. The van der Waals surface area contributed by atoms with Gasteiger partial charge in [0.15, 0.2) is 0 Å². The molecule has 0 amide bonds. The van der Waals surface area contributed by atoms with Crippen LogP contribution in [0.15, 0.2) is 54.6 Å². The van der Waals surface area contributed by atoms with Gasteiger partial charge < -0.3 is 0 Å². The van der Waals surface area contributed by atoms with E-state index in [9.17, 15) is 5.26 Å². The Morgan fingerprint density at radius 1 is 1.00 bits per heavy atom. The molecule has 3 heteroatoms. The number of hydrogen-bond donors (Lipinski definition) is 1. The zero-order valence-corrected chi connectivity index (χ0v) is 10.4. The number of hydrogen-bond acceptors (Lipinski definition) is 3. The topological polar surface area (TPSA) is 59.6 Å². The zero-order valence-electron chi connectivity index (χ0n) is 10.4. The summed E-state index contributed by atoms with van der Waals surface area (Å²) in [7, 11) is 0. The number of rotatable bonds is 4. The number of benzene rings is 2. The summed E-state index contributed by atoms with van der Waals surface area (Å²) >= 11 is 0. The van der Waals surface area contributed by atoms with Gasteiger partial charge in [-0.15, -0.1) is 0 Å². The molecule has 0 radical (unpaired) electrons. The van der Waals surface area contributed by atoms with Gasteiger partial charge in [0.05, 0.1) is 17.7 Å². The van der Waals surface area contributed by atoms with E-state index >= 15 is 0 Å². The molecule has 92 valence electrons. The minimum atomic E-state index is -0.409. The summed E-state index contributed by atoms with van der Waals surface area (Å²) in [6.07, 6.45) is 0. The third-order valence-electron chi connectivity index (χ3n) is 2.83. The summed E-state index contributed by atoms with van der Waals surface area (Å²) in [5.41, 5.74) is 2.51. The summed E-state index contributed by atoms with van der Waals surface area (Å²) in [5, 5.41) is 21.3. The maximum absolute atomic E-state index is 9.23.